The molecule has 2 heteroatoms. The summed E-state index contributed by atoms with van der Waals surface area (Å²) in [7, 11) is 0. The third-order valence-electron chi connectivity index (χ3n) is 10.2. The van der Waals surface area contributed by atoms with Gasteiger partial charge in [-0.05, 0) is 104 Å². The van der Waals surface area contributed by atoms with E-state index in [-0.39, 0.29) is 0 Å². The van der Waals surface area contributed by atoms with Gasteiger partial charge >= 0.3 is 5.97 Å². The first-order valence-corrected chi connectivity index (χ1v) is 11.6. The van der Waals surface area contributed by atoms with Gasteiger partial charge in [-0.3, -0.25) is 4.79 Å². The minimum absolute atomic E-state index is 0.351. The molecule has 0 radical (unpaired) electrons. The SMILES string of the molecule is C[C@H](CCC(=O)O)[C@@H]1CC[C@@H]2[C@H]3CC[C@H]4CCCC[C@]4(C)[C@@H]3CC[C@]21C. The molecule has 0 amide bonds. The van der Waals surface area contributed by atoms with E-state index < -0.39 is 5.97 Å². The van der Waals surface area contributed by atoms with Crippen LogP contribution >= 0.6 is 0 Å². The van der Waals surface area contributed by atoms with Crippen molar-refractivity contribution < 1.29 is 9.90 Å². The Kier molecular flexibility index (Phi) is 4.93. The monoisotopic (exact) mass is 360 g/mol. The topological polar surface area (TPSA) is 37.3 Å². The molecule has 0 aromatic rings. The Morgan fingerprint density at radius 2 is 1.73 bits per heavy atom. The van der Waals surface area contributed by atoms with E-state index in [9.17, 15) is 4.79 Å². The summed E-state index contributed by atoms with van der Waals surface area (Å²) in [5.74, 6) is 4.57. The number of carbonyl (C=O) groups is 1. The predicted molar refractivity (Wildman–Crippen MR) is 106 cm³/mol. The second-order valence-electron chi connectivity index (χ2n) is 11.0. The molecule has 4 rings (SSSR count). The maximum absolute atomic E-state index is 11.0. The Balaban J connectivity index is 1.52. The smallest absolute Gasteiger partial charge is 0.303 e. The minimum Gasteiger partial charge on any atom is -0.481 e. The molecule has 26 heavy (non-hydrogen) atoms. The normalized spacial score (nSPS) is 49.0. The van der Waals surface area contributed by atoms with E-state index in [2.05, 4.69) is 20.8 Å². The van der Waals surface area contributed by atoms with E-state index in [1.54, 1.807) is 0 Å². The lowest BCUT2D eigenvalue weighted by Gasteiger charge is -2.61. The van der Waals surface area contributed by atoms with Crippen molar-refractivity contribution in [2.75, 3.05) is 0 Å². The van der Waals surface area contributed by atoms with Crippen LogP contribution in [0.5, 0.6) is 0 Å². The van der Waals surface area contributed by atoms with Gasteiger partial charge in [0.1, 0.15) is 0 Å². The van der Waals surface area contributed by atoms with Gasteiger partial charge in [-0.15, -0.1) is 0 Å². The Morgan fingerprint density at radius 1 is 0.962 bits per heavy atom. The van der Waals surface area contributed by atoms with Crippen LogP contribution in [-0.2, 0) is 4.79 Å². The lowest BCUT2D eigenvalue weighted by Crippen LogP contribution is -2.53. The van der Waals surface area contributed by atoms with Crippen molar-refractivity contribution in [2.24, 2.45) is 46.3 Å². The lowest BCUT2D eigenvalue weighted by molar-refractivity contribution is -0.137. The van der Waals surface area contributed by atoms with E-state index in [1.807, 2.05) is 0 Å². The summed E-state index contributed by atoms with van der Waals surface area (Å²) in [6, 6.07) is 0. The van der Waals surface area contributed by atoms with E-state index >= 15 is 0 Å². The highest BCUT2D eigenvalue weighted by Gasteiger charge is 2.60. The molecule has 4 saturated carbocycles. The molecule has 0 heterocycles. The summed E-state index contributed by atoms with van der Waals surface area (Å²) >= 11 is 0. The zero-order chi connectivity index (χ0) is 18.5. The van der Waals surface area contributed by atoms with Crippen LogP contribution < -0.4 is 0 Å². The molecule has 2 nitrogen and oxygen atoms in total. The lowest BCUT2D eigenvalue weighted by atomic mass is 9.44. The Labute approximate surface area is 160 Å². The van der Waals surface area contributed by atoms with Crippen LogP contribution in [0.25, 0.3) is 0 Å². The second-order valence-corrected chi connectivity index (χ2v) is 11.0. The van der Waals surface area contributed by atoms with Gasteiger partial charge in [-0.2, -0.15) is 0 Å². The van der Waals surface area contributed by atoms with Crippen LogP contribution in [0.1, 0.15) is 97.8 Å². The van der Waals surface area contributed by atoms with Crippen LogP contribution in [0.3, 0.4) is 0 Å². The second kappa shape index (κ2) is 6.82. The van der Waals surface area contributed by atoms with E-state index in [0.29, 0.717) is 23.2 Å². The van der Waals surface area contributed by atoms with Crippen LogP contribution in [0.4, 0.5) is 0 Å². The average molecular weight is 361 g/mol. The summed E-state index contributed by atoms with van der Waals surface area (Å²) < 4.78 is 0. The van der Waals surface area contributed by atoms with Crippen LogP contribution in [0, 0.1) is 46.3 Å². The van der Waals surface area contributed by atoms with Crippen molar-refractivity contribution in [1.29, 1.82) is 0 Å². The minimum atomic E-state index is -0.621. The van der Waals surface area contributed by atoms with Crippen molar-refractivity contribution in [3.05, 3.63) is 0 Å². The largest absolute Gasteiger partial charge is 0.481 e. The molecule has 0 aliphatic heterocycles. The summed E-state index contributed by atoms with van der Waals surface area (Å²) in [5.41, 5.74) is 1.12. The predicted octanol–water partition coefficient (Wildman–Crippen LogP) is 6.54. The third-order valence-corrected chi connectivity index (χ3v) is 10.2. The molecule has 0 bridgehead atoms. The van der Waals surface area contributed by atoms with Crippen LogP contribution in [0.15, 0.2) is 0 Å². The number of carboxylic acid groups (broad SMARTS) is 1. The highest BCUT2D eigenvalue weighted by atomic mass is 16.4. The van der Waals surface area contributed by atoms with E-state index in [4.69, 9.17) is 5.11 Å². The van der Waals surface area contributed by atoms with E-state index in [1.165, 1.54) is 64.2 Å². The number of hydrogen-bond acceptors (Lipinski definition) is 1. The van der Waals surface area contributed by atoms with Crippen molar-refractivity contribution in [3.8, 4) is 0 Å². The number of aliphatic carboxylic acids is 1. The van der Waals surface area contributed by atoms with Gasteiger partial charge in [-0.1, -0.05) is 33.6 Å². The first-order valence-electron chi connectivity index (χ1n) is 11.6. The zero-order valence-corrected chi connectivity index (χ0v) is 17.3. The van der Waals surface area contributed by atoms with Crippen molar-refractivity contribution in [3.63, 3.8) is 0 Å². The summed E-state index contributed by atoms with van der Waals surface area (Å²) in [6.45, 7) is 7.60. The van der Waals surface area contributed by atoms with Gasteiger partial charge in [0, 0.05) is 6.42 Å². The third kappa shape index (κ3) is 2.85. The number of fused-ring (bicyclic) bond motifs is 5. The molecule has 4 aliphatic rings. The number of carboxylic acids is 1. The maximum atomic E-state index is 11.0. The molecule has 1 N–H and O–H groups in total. The fraction of sp³-hybridized carbons (Fsp3) is 0.958. The molecule has 4 aliphatic carbocycles. The molecular weight excluding hydrogens is 320 g/mol. The van der Waals surface area contributed by atoms with Gasteiger partial charge in [0.2, 0.25) is 0 Å². The summed E-state index contributed by atoms with van der Waals surface area (Å²) in [5, 5.41) is 9.09. The number of hydrogen-bond donors (Lipinski definition) is 1. The maximum Gasteiger partial charge on any atom is 0.303 e. The van der Waals surface area contributed by atoms with E-state index in [0.717, 1.165) is 36.0 Å². The Morgan fingerprint density at radius 3 is 2.50 bits per heavy atom. The number of rotatable bonds is 4. The molecule has 8 atom stereocenters. The average Bonchev–Trinajstić information content (AvgIpc) is 2.96. The van der Waals surface area contributed by atoms with Gasteiger partial charge < -0.3 is 5.11 Å². The molecule has 148 valence electrons. The van der Waals surface area contributed by atoms with Crippen molar-refractivity contribution in [2.45, 2.75) is 97.8 Å². The van der Waals surface area contributed by atoms with Gasteiger partial charge in [0.25, 0.3) is 0 Å². The summed E-state index contributed by atoms with van der Waals surface area (Å²) in [6.07, 6.45) is 15.7. The molecular formula is C24H40O2. The molecule has 0 aromatic carbocycles. The Hall–Kier alpha value is -0.530. The van der Waals surface area contributed by atoms with Gasteiger partial charge in [0.15, 0.2) is 0 Å². The molecule has 4 fully saturated rings. The fourth-order valence-corrected chi connectivity index (χ4v) is 8.82. The van der Waals surface area contributed by atoms with Gasteiger partial charge in [0.05, 0.1) is 0 Å². The van der Waals surface area contributed by atoms with Crippen LogP contribution in [-0.4, -0.2) is 11.1 Å². The highest BCUT2D eigenvalue weighted by Crippen LogP contribution is 2.68. The first kappa shape index (κ1) is 18.8. The van der Waals surface area contributed by atoms with Crippen molar-refractivity contribution >= 4 is 5.97 Å². The quantitative estimate of drug-likeness (QED) is 0.618. The molecule has 0 spiro atoms. The first-order chi connectivity index (χ1) is 12.4. The van der Waals surface area contributed by atoms with Crippen molar-refractivity contribution in [1.82, 2.24) is 0 Å². The zero-order valence-electron chi connectivity index (χ0n) is 17.3. The highest BCUT2D eigenvalue weighted by molar-refractivity contribution is 5.66. The molecule has 0 saturated heterocycles. The standard InChI is InChI=1S/C24H40O2/c1-16(7-12-22(25)26)19-10-11-20-18-9-8-17-6-4-5-14-23(17,2)21(18)13-15-24(19,20)3/h16-21H,4-15H2,1-3H3,(H,25,26)/t16-,17-,18-,19+,20-,21-,23+,24+/m1/s1. The van der Waals surface area contributed by atoms with Crippen LogP contribution in [0.2, 0.25) is 0 Å². The van der Waals surface area contributed by atoms with Gasteiger partial charge in [-0.25, -0.2) is 0 Å². The molecule has 0 aromatic heterocycles. The fourth-order valence-electron chi connectivity index (χ4n) is 8.82. The Bertz CT molecular complexity index is 542. The summed E-state index contributed by atoms with van der Waals surface area (Å²) in [4.78, 5) is 11.0. The molecule has 0 unspecified atom stereocenters.